The second kappa shape index (κ2) is 4.28. The zero-order valence-corrected chi connectivity index (χ0v) is 9.17. The minimum absolute atomic E-state index is 0.112. The smallest absolute Gasteiger partial charge is 0.311 e. The Kier molecular flexibility index (Phi) is 3.50. The maximum absolute atomic E-state index is 11.7. The first-order valence-corrected chi connectivity index (χ1v) is 5.09. The third-order valence-corrected chi connectivity index (χ3v) is 2.24. The molecule has 2 unspecified atom stereocenters. The molecule has 4 heteroatoms. The van der Waals surface area contributed by atoms with Gasteiger partial charge in [-0.3, -0.25) is 4.79 Å². The molecule has 1 fully saturated rings. The predicted molar refractivity (Wildman–Crippen MR) is 54.8 cm³/mol. The van der Waals surface area contributed by atoms with E-state index in [9.17, 15) is 4.79 Å². The van der Waals surface area contributed by atoms with Gasteiger partial charge in [-0.15, -0.1) is 0 Å². The van der Waals surface area contributed by atoms with Crippen molar-refractivity contribution in [1.82, 2.24) is 5.32 Å². The zero-order valence-electron chi connectivity index (χ0n) is 9.17. The van der Waals surface area contributed by atoms with Crippen molar-refractivity contribution in [1.29, 1.82) is 0 Å². The Labute approximate surface area is 85.2 Å². The number of piperidine rings is 1. The lowest BCUT2D eigenvalue weighted by molar-refractivity contribution is -0.161. The lowest BCUT2D eigenvalue weighted by Crippen LogP contribution is -2.50. The zero-order chi connectivity index (χ0) is 10.8. The predicted octanol–water partition coefficient (Wildman–Crippen LogP) is 0.265. The first-order chi connectivity index (χ1) is 6.40. The maximum Gasteiger partial charge on any atom is 0.311 e. The largest absolute Gasteiger partial charge is 0.460 e. The van der Waals surface area contributed by atoms with Crippen LogP contribution in [-0.4, -0.2) is 30.7 Å². The van der Waals surface area contributed by atoms with Gasteiger partial charge in [0, 0.05) is 12.6 Å². The number of nitrogens with one attached hydrogen (secondary N) is 1. The van der Waals surface area contributed by atoms with Crippen LogP contribution in [0.4, 0.5) is 0 Å². The Hall–Kier alpha value is -0.610. The molecule has 4 nitrogen and oxygen atoms in total. The highest BCUT2D eigenvalue weighted by Gasteiger charge is 2.31. The van der Waals surface area contributed by atoms with Gasteiger partial charge in [0.05, 0.1) is 5.92 Å². The Morgan fingerprint density at radius 3 is 2.64 bits per heavy atom. The molecule has 1 rings (SSSR count). The van der Waals surface area contributed by atoms with E-state index in [1.807, 2.05) is 20.8 Å². The van der Waals surface area contributed by atoms with Gasteiger partial charge in [0.2, 0.25) is 0 Å². The molecule has 14 heavy (non-hydrogen) atoms. The van der Waals surface area contributed by atoms with Crippen molar-refractivity contribution in [3.63, 3.8) is 0 Å². The van der Waals surface area contributed by atoms with Crippen molar-refractivity contribution >= 4 is 5.97 Å². The van der Waals surface area contributed by atoms with Gasteiger partial charge >= 0.3 is 5.97 Å². The molecule has 0 amide bonds. The van der Waals surface area contributed by atoms with Gasteiger partial charge in [0.15, 0.2) is 0 Å². The number of nitrogens with two attached hydrogens (primary N) is 1. The highest BCUT2D eigenvalue weighted by molar-refractivity contribution is 5.74. The number of hydrogen-bond donors (Lipinski definition) is 2. The second-order valence-corrected chi connectivity index (χ2v) is 4.80. The van der Waals surface area contributed by atoms with E-state index in [-0.39, 0.29) is 17.9 Å². The molecule has 0 aromatic heterocycles. The molecule has 0 aromatic rings. The van der Waals surface area contributed by atoms with E-state index in [0.29, 0.717) is 6.54 Å². The van der Waals surface area contributed by atoms with Gasteiger partial charge in [-0.25, -0.2) is 0 Å². The fourth-order valence-corrected chi connectivity index (χ4v) is 1.55. The fraction of sp³-hybridized carbons (Fsp3) is 0.900. The van der Waals surface area contributed by atoms with E-state index in [2.05, 4.69) is 5.32 Å². The van der Waals surface area contributed by atoms with Gasteiger partial charge in [-0.1, -0.05) is 0 Å². The molecular formula is C10H20N2O2. The van der Waals surface area contributed by atoms with Crippen LogP contribution >= 0.6 is 0 Å². The fourth-order valence-electron chi connectivity index (χ4n) is 1.55. The lowest BCUT2D eigenvalue weighted by atomic mass is 9.93. The molecule has 0 bridgehead atoms. The molecular weight excluding hydrogens is 180 g/mol. The lowest BCUT2D eigenvalue weighted by Gasteiger charge is -2.30. The topological polar surface area (TPSA) is 64.3 Å². The Bertz CT molecular complexity index is 211. The summed E-state index contributed by atoms with van der Waals surface area (Å²) in [6.45, 7) is 7.16. The summed E-state index contributed by atoms with van der Waals surface area (Å²) in [5, 5.41) is 3.15. The highest BCUT2D eigenvalue weighted by Crippen LogP contribution is 2.17. The molecule has 1 aliphatic rings. The average Bonchev–Trinajstić information content (AvgIpc) is 2.01. The summed E-state index contributed by atoms with van der Waals surface area (Å²) in [6.07, 6.45) is 0.774. The van der Waals surface area contributed by atoms with Crippen molar-refractivity contribution in [3.8, 4) is 0 Å². The number of ether oxygens (including phenoxy) is 1. The molecule has 0 aromatic carbocycles. The Morgan fingerprint density at radius 1 is 1.50 bits per heavy atom. The molecule has 82 valence electrons. The van der Waals surface area contributed by atoms with Crippen LogP contribution in [0, 0.1) is 5.92 Å². The summed E-state index contributed by atoms with van der Waals surface area (Å²) in [5.41, 5.74) is 5.42. The van der Waals surface area contributed by atoms with E-state index in [4.69, 9.17) is 10.5 Å². The van der Waals surface area contributed by atoms with Gasteiger partial charge in [-0.05, 0) is 33.7 Å². The molecule has 2 atom stereocenters. The SMILES string of the molecule is CC(C)(C)OC(=O)C1CCNCC1N. The summed E-state index contributed by atoms with van der Waals surface area (Å²) in [5.74, 6) is -0.304. The standard InChI is InChI=1S/C10H20N2O2/c1-10(2,3)14-9(13)7-4-5-12-6-8(7)11/h7-8,12H,4-6,11H2,1-3H3. The van der Waals surface area contributed by atoms with Gasteiger partial charge in [0.25, 0.3) is 0 Å². The highest BCUT2D eigenvalue weighted by atomic mass is 16.6. The third kappa shape index (κ3) is 3.27. The van der Waals surface area contributed by atoms with E-state index >= 15 is 0 Å². The minimum atomic E-state index is -0.415. The van der Waals surface area contributed by atoms with E-state index in [1.165, 1.54) is 0 Å². The molecule has 1 aliphatic heterocycles. The van der Waals surface area contributed by atoms with Crippen LogP contribution in [0.1, 0.15) is 27.2 Å². The Balaban J connectivity index is 2.50. The van der Waals surface area contributed by atoms with Crippen LogP contribution in [0.15, 0.2) is 0 Å². The van der Waals surface area contributed by atoms with E-state index in [1.54, 1.807) is 0 Å². The average molecular weight is 200 g/mol. The number of hydrogen-bond acceptors (Lipinski definition) is 4. The molecule has 1 heterocycles. The molecule has 3 N–H and O–H groups in total. The van der Waals surface area contributed by atoms with Crippen molar-refractivity contribution in [2.45, 2.75) is 38.8 Å². The normalized spacial score (nSPS) is 28.6. The summed E-state index contributed by atoms with van der Waals surface area (Å²) in [6, 6.07) is -0.112. The molecule has 0 saturated carbocycles. The summed E-state index contributed by atoms with van der Waals surface area (Å²) in [4.78, 5) is 11.7. The molecule has 1 saturated heterocycles. The minimum Gasteiger partial charge on any atom is -0.460 e. The number of esters is 1. The number of carbonyl (C=O) groups is 1. The molecule has 0 aliphatic carbocycles. The van der Waals surface area contributed by atoms with Crippen LogP contribution in [0.25, 0.3) is 0 Å². The Morgan fingerprint density at radius 2 is 2.14 bits per heavy atom. The third-order valence-electron chi connectivity index (χ3n) is 2.24. The monoisotopic (exact) mass is 200 g/mol. The van der Waals surface area contributed by atoms with E-state index < -0.39 is 5.60 Å². The van der Waals surface area contributed by atoms with Crippen LogP contribution in [0.3, 0.4) is 0 Å². The van der Waals surface area contributed by atoms with Crippen molar-refractivity contribution < 1.29 is 9.53 Å². The van der Waals surface area contributed by atoms with Crippen LogP contribution in [0.2, 0.25) is 0 Å². The van der Waals surface area contributed by atoms with Crippen molar-refractivity contribution in [2.75, 3.05) is 13.1 Å². The second-order valence-electron chi connectivity index (χ2n) is 4.80. The van der Waals surface area contributed by atoms with Crippen LogP contribution < -0.4 is 11.1 Å². The first kappa shape index (κ1) is 11.5. The van der Waals surface area contributed by atoms with Crippen LogP contribution in [-0.2, 0) is 9.53 Å². The molecule has 0 radical (unpaired) electrons. The van der Waals surface area contributed by atoms with Gasteiger partial charge in [0.1, 0.15) is 5.60 Å². The van der Waals surface area contributed by atoms with Gasteiger partial charge < -0.3 is 15.8 Å². The molecule has 0 spiro atoms. The summed E-state index contributed by atoms with van der Waals surface area (Å²) in [7, 11) is 0. The van der Waals surface area contributed by atoms with Gasteiger partial charge in [-0.2, -0.15) is 0 Å². The number of rotatable bonds is 1. The maximum atomic E-state index is 11.7. The quantitative estimate of drug-likeness (QED) is 0.596. The van der Waals surface area contributed by atoms with Crippen molar-refractivity contribution in [3.05, 3.63) is 0 Å². The summed E-state index contributed by atoms with van der Waals surface area (Å²) >= 11 is 0. The van der Waals surface area contributed by atoms with E-state index in [0.717, 1.165) is 13.0 Å². The number of carbonyl (C=O) groups excluding carboxylic acids is 1. The van der Waals surface area contributed by atoms with Crippen molar-refractivity contribution in [2.24, 2.45) is 11.7 Å². The van der Waals surface area contributed by atoms with Crippen LogP contribution in [0.5, 0.6) is 0 Å². The first-order valence-electron chi connectivity index (χ1n) is 5.09. The summed E-state index contributed by atoms with van der Waals surface area (Å²) < 4.78 is 5.30.